The summed E-state index contributed by atoms with van der Waals surface area (Å²) in [6, 6.07) is 0. The molecule has 0 aliphatic heterocycles. The van der Waals surface area contributed by atoms with Crippen LogP contribution in [-0.2, 0) is 27.3 Å². The van der Waals surface area contributed by atoms with E-state index in [0.717, 1.165) is 0 Å². The molecule has 6 unspecified atom stereocenters. The van der Waals surface area contributed by atoms with Gasteiger partial charge in [-0.1, -0.05) is 0 Å². The van der Waals surface area contributed by atoms with Crippen LogP contribution in [0.1, 0.15) is 0 Å². The van der Waals surface area contributed by atoms with Crippen molar-refractivity contribution in [1.82, 2.24) is 36.9 Å². The molecule has 0 radical (unpaired) electrons. The van der Waals surface area contributed by atoms with E-state index in [-0.39, 0.29) is 36.9 Å². The zero-order valence-electron chi connectivity index (χ0n) is 17.0. The van der Waals surface area contributed by atoms with Crippen molar-refractivity contribution >= 4 is 23.5 Å². The van der Waals surface area contributed by atoms with Gasteiger partial charge in [-0.05, 0) is 0 Å². The Hall–Kier alpha value is -0.0300. The summed E-state index contributed by atoms with van der Waals surface area (Å²) in [7, 11) is -17.9. The van der Waals surface area contributed by atoms with Gasteiger partial charge in [0.25, 0.3) is 0 Å². The molecule has 192 valence electrons. The van der Waals surface area contributed by atoms with E-state index in [2.05, 4.69) is 13.6 Å². The van der Waals surface area contributed by atoms with Crippen LogP contribution in [0.25, 0.3) is 0 Å². The van der Waals surface area contributed by atoms with E-state index in [9.17, 15) is 58.4 Å². The highest BCUT2D eigenvalue weighted by Gasteiger charge is 2.52. The number of quaternary nitrogens is 6. The molecule has 0 amide bonds. The molecule has 0 heterocycles. The first-order chi connectivity index (χ1) is 10.5. The third-order valence-corrected chi connectivity index (χ3v) is 4.28. The first-order valence-corrected chi connectivity index (χ1v) is 10.1. The topological polar surface area (TPSA) is 497 Å². The molecule has 0 aromatic rings. The summed E-state index contributed by atoms with van der Waals surface area (Å²) in [5.41, 5.74) is 0. The van der Waals surface area contributed by atoms with Crippen molar-refractivity contribution in [3.05, 3.63) is 0 Å². The van der Waals surface area contributed by atoms with Crippen LogP contribution in [0.2, 0.25) is 0 Å². The monoisotopic (exact) mass is 522 g/mol. The van der Waals surface area contributed by atoms with Gasteiger partial charge in [0, 0.05) is 0 Å². The number of hydrogen-bond donors (Lipinski definition) is 9. The van der Waals surface area contributed by atoms with Gasteiger partial charge >= 0.3 is 0 Å². The van der Waals surface area contributed by atoms with Gasteiger partial charge in [0.05, 0.1) is 23.5 Å². The van der Waals surface area contributed by atoms with Crippen molar-refractivity contribution in [1.29, 1.82) is 0 Å². The summed E-state index contributed by atoms with van der Waals surface area (Å²) in [6.45, 7) is 0. The Morgan fingerprint density at radius 3 is 0.933 bits per heavy atom. The molecule has 0 aromatic heterocycles. The van der Waals surface area contributed by atoms with E-state index >= 15 is 0 Å². The maximum atomic E-state index is 10.6. The molecule has 24 heteroatoms. The van der Waals surface area contributed by atoms with Crippen LogP contribution in [-0.4, -0.2) is 51.9 Å². The molecule has 1 aliphatic rings. The molecule has 27 N–H and O–H groups in total. The predicted octanol–water partition coefficient (Wildman–Crippen LogP) is -5.02. The van der Waals surface area contributed by atoms with Gasteiger partial charge in [-0.15, -0.1) is 0 Å². The Kier molecular flexibility index (Phi) is 21.8. The summed E-state index contributed by atoms with van der Waals surface area (Å²) in [5.74, 6) is 0. The highest BCUT2D eigenvalue weighted by Crippen LogP contribution is 2.43. The summed E-state index contributed by atoms with van der Waals surface area (Å²) >= 11 is 0. The number of aliphatic hydroxyl groups excluding tert-OH is 3. The third-order valence-electron chi connectivity index (χ3n) is 2.77. The van der Waals surface area contributed by atoms with E-state index in [1.54, 1.807) is 0 Å². The van der Waals surface area contributed by atoms with E-state index < -0.39 is 60.1 Å². The first-order valence-electron chi connectivity index (χ1n) is 5.67. The zero-order chi connectivity index (χ0) is 19.1. The summed E-state index contributed by atoms with van der Waals surface area (Å²) in [4.78, 5) is 63.6. The van der Waals surface area contributed by atoms with E-state index in [1.807, 2.05) is 0 Å². The fraction of sp³-hybridized carbons (Fsp3) is 1.00. The molecule has 0 aromatic carbocycles. The minimum atomic E-state index is -6.01. The van der Waals surface area contributed by atoms with Crippen LogP contribution < -0.4 is 66.3 Å². The van der Waals surface area contributed by atoms with Gasteiger partial charge in [0.15, 0.2) is 0 Å². The summed E-state index contributed by atoms with van der Waals surface area (Å²) in [6.07, 6.45) is -15.7. The molecule has 21 nitrogen and oxygen atoms in total. The Bertz CT molecular complexity index is 595. The lowest BCUT2D eigenvalue weighted by Crippen LogP contribution is -2.66. The quantitative estimate of drug-likeness (QED) is 0.147. The minimum Gasteiger partial charge on any atom is -0.790 e. The Balaban J connectivity index is -0.000000240. The second-order valence-corrected chi connectivity index (χ2v) is 7.84. The highest BCUT2D eigenvalue weighted by molar-refractivity contribution is 7.43. The van der Waals surface area contributed by atoms with Gasteiger partial charge in [0.2, 0.25) is 0 Å². The van der Waals surface area contributed by atoms with Crippen molar-refractivity contribution in [2.45, 2.75) is 36.6 Å². The summed E-state index contributed by atoms with van der Waals surface area (Å²) < 4.78 is 43.0. The Morgan fingerprint density at radius 1 is 0.467 bits per heavy atom. The fourth-order valence-corrected chi connectivity index (χ4v) is 3.62. The van der Waals surface area contributed by atoms with Crippen molar-refractivity contribution in [3.63, 3.8) is 0 Å². The maximum Gasteiger partial charge on any atom is 0.120 e. The largest absolute Gasteiger partial charge is 0.790 e. The second-order valence-electron chi connectivity index (χ2n) is 4.52. The molecule has 0 bridgehead atoms. The molecule has 1 rings (SSSR count). The lowest BCUT2D eigenvalue weighted by Gasteiger charge is -2.51. The number of rotatable bonds is 6. The lowest BCUT2D eigenvalue weighted by molar-refractivity contribution is -0.371. The zero-order valence-corrected chi connectivity index (χ0v) is 19.7. The third kappa shape index (κ3) is 13.4. The number of phosphoric ester groups is 3. The van der Waals surface area contributed by atoms with Gasteiger partial charge in [-0.3, -0.25) is 0 Å². The molecule has 0 spiro atoms. The van der Waals surface area contributed by atoms with Crippen LogP contribution in [0.3, 0.4) is 0 Å². The SMILES string of the molecule is O=P([O-])([O-])OC1C(O)C(O)C(OP(=O)([O-])[O-])C(OP(=O)([O-])[O-])C1O.[NH4+].[NH4+].[NH4+].[NH4+].[NH4+].[NH4+]. The van der Waals surface area contributed by atoms with E-state index in [4.69, 9.17) is 0 Å². The number of hydrogen-bond acceptors (Lipinski definition) is 15. The molecule has 6 atom stereocenters. The van der Waals surface area contributed by atoms with E-state index in [1.165, 1.54) is 0 Å². The standard InChI is InChI=1S/C6H15O15P3.6H3N/c7-1-2(8)5(20-23(13,14)15)6(21-24(16,17)18)3(9)4(1)19-22(10,11)12;;;;;;/h1-9H,(H2,10,11,12)(H2,13,14,15)(H2,16,17,18);6*1H3. The molecule has 0 saturated heterocycles. The first kappa shape index (κ1) is 43.8. The Morgan fingerprint density at radius 2 is 0.667 bits per heavy atom. The molecule has 1 saturated carbocycles. The molecule has 1 fully saturated rings. The molecule has 30 heavy (non-hydrogen) atoms. The number of phosphoric acid groups is 3. The van der Waals surface area contributed by atoms with Crippen molar-refractivity contribution in [2.24, 2.45) is 0 Å². The second kappa shape index (κ2) is 14.9. The van der Waals surface area contributed by atoms with Gasteiger partial charge in [0.1, 0.15) is 36.6 Å². The van der Waals surface area contributed by atoms with Crippen LogP contribution in [0.15, 0.2) is 0 Å². The van der Waals surface area contributed by atoms with Gasteiger partial charge in [-0.25, -0.2) is 0 Å². The Labute approximate surface area is 170 Å². The summed E-state index contributed by atoms with van der Waals surface area (Å²) in [5, 5.41) is 28.9. The smallest absolute Gasteiger partial charge is 0.120 e. The van der Waals surface area contributed by atoms with Gasteiger partial charge < -0.3 is 109 Å². The minimum absolute atomic E-state index is 0. The average Bonchev–Trinajstić information content (AvgIpc) is 2.32. The van der Waals surface area contributed by atoms with Crippen LogP contribution in [0.5, 0.6) is 0 Å². The normalized spacial score (nSPS) is 28.7. The van der Waals surface area contributed by atoms with Crippen LogP contribution in [0, 0.1) is 0 Å². The number of aliphatic hydroxyl groups is 3. The van der Waals surface area contributed by atoms with Crippen LogP contribution in [0.4, 0.5) is 0 Å². The average molecular weight is 522 g/mol. The molecule has 1 aliphatic carbocycles. The lowest BCUT2D eigenvalue weighted by atomic mass is 9.85. The fourth-order valence-electron chi connectivity index (χ4n) is 1.98. The van der Waals surface area contributed by atoms with Crippen molar-refractivity contribution < 1.29 is 71.9 Å². The van der Waals surface area contributed by atoms with Crippen LogP contribution >= 0.6 is 23.5 Å². The van der Waals surface area contributed by atoms with Crippen molar-refractivity contribution in [2.75, 3.05) is 0 Å². The molecular weight excluding hydrogens is 489 g/mol. The van der Waals surface area contributed by atoms with Crippen molar-refractivity contribution in [3.8, 4) is 0 Å². The predicted molar refractivity (Wildman–Crippen MR) is 91.4 cm³/mol. The van der Waals surface area contributed by atoms with Gasteiger partial charge in [-0.2, -0.15) is 0 Å². The maximum absolute atomic E-state index is 10.6. The molecular formula is C6H33N6O15P3. The highest BCUT2D eigenvalue weighted by atomic mass is 31.2. The van der Waals surface area contributed by atoms with E-state index in [0.29, 0.717) is 0 Å².